The fourth-order valence-corrected chi connectivity index (χ4v) is 4.75. The Kier molecular flexibility index (Phi) is 6.03. The molecule has 33 heavy (non-hydrogen) atoms. The van der Waals surface area contributed by atoms with E-state index in [0.717, 1.165) is 17.5 Å². The Hall–Kier alpha value is -3.52. The predicted octanol–water partition coefficient (Wildman–Crippen LogP) is 5.28. The number of sulfonamides is 1. The minimum absolute atomic E-state index is 0.112. The minimum Gasteiger partial charge on any atom is -0.493 e. The van der Waals surface area contributed by atoms with Crippen molar-refractivity contribution in [1.82, 2.24) is 0 Å². The number of aryl methyl sites for hydroxylation is 2. The van der Waals surface area contributed by atoms with Crippen LogP contribution < -0.4 is 19.1 Å². The number of hydrogen-bond acceptors (Lipinski definition) is 5. The van der Waals surface area contributed by atoms with Crippen molar-refractivity contribution >= 4 is 27.3 Å². The van der Waals surface area contributed by atoms with E-state index < -0.39 is 10.0 Å². The lowest BCUT2D eigenvalue weighted by molar-refractivity contribution is 0.0993. The minimum atomic E-state index is -3.87. The number of ether oxygens (including phenoxy) is 2. The molecule has 3 aromatic carbocycles. The molecule has 172 valence electrons. The van der Waals surface area contributed by atoms with E-state index in [-0.39, 0.29) is 22.1 Å². The van der Waals surface area contributed by atoms with Crippen LogP contribution in [-0.2, 0) is 10.0 Å². The molecule has 0 aromatic heterocycles. The smallest absolute Gasteiger partial charge is 0.261 e. The number of hydrogen-bond donors (Lipinski definition) is 1. The molecule has 0 saturated carbocycles. The summed E-state index contributed by atoms with van der Waals surface area (Å²) in [5, 5.41) is 0. The molecule has 0 fully saturated rings. The van der Waals surface area contributed by atoms with Crippen LogP contribution >= 0.6 is 0 Å². The maximum Gasteiger partial charge on any atom is 0.261 e. The van der Waals surface area contributed by atoms with Gasteiger partial charge in [0.2, 0.25) is 0 Å². The topological polar surface area (TPSA) is 84.9 Å². The first-order chi connectivity index (χ1) is 15.7. The van der Waals surface area contributed by atoms with Crippen molar-refractivity contribution in [1.29, 1.82) is 0 Å². The first-order valence-electron chi connectivity index (χ1n) is 10.7. The van der Waals surface area contributed by atoms with Crippen LogP contribution in [0, 0.1) is 13.8 Å². The molecular formula is C25H26N2O5S. The van der Waals surface area contributed by atoms with Gasteiger partial charge in [-0.1, -0.05) is 13.0 Å². The largest absolute Gasteiger partial charge is 0.493 e. The SMILES string of the molecule is CCCOc1ccc(S(=O)(=O)Nc2ccc3c(c2)C(=O)N(C)c2cc(C)ccc2O3)cc1C. The second-order valence-electron chi connectivity index (χ2n) is 8.03. The predicted molar refractivity (Wildman–Crippen MR) is 128 cm³/mol. The molecule has 7 nitrogen and oxygen atoms in total. The molecule has 0 atom stereocenters. The Morgan fingerprint density at radius 3 is 2.48 bits per heavy atom. The van der Waals surface area contributed by atoms with E-state index >= 15 is 0 Å². The van der Waals surface area contributed by atoms with Gasteiger partial charge in [0.15, 0.2) is 5.75 Å². The fourth-order valence-electron chi connectivity index (χ4n) is 3.61. The molecule has 1 heterocycles. The Labute approximate surface area is 194 Å². The van der Waals surface area contributed by atoms with E-state index in [1.54, 1.807) is 38.2 Å². The zero-order valence-electron chi connectivity index (χ0n) is 19.0. The average Bonchev–Trinajstić information content (AvgIpc) is 2.88. The summed E-state index contributed by atoms with van der Waals surface area (Å²) in [5.74, 6) is 1.29. The third-order valence-corrected chi connectivity index (χ3v) is 6.76. The summed E-state index contributed by atoms with van der Waals surface area (Å²) < 4.78 is 40.2. The molecule has 0 unspecified atom stereocenters. The molecule has 4 rings (SSSR count). The van der Waals surface area contributed by atoms with Gasteiger partial charge in [-0.05, 0) is 79.9 Å². The zero-order chi connectivity index (χ0) is 23.8. The molecule has 0 saturated heterocycles. The number of nitrogens with one attached hydrogen (secondary N) is 1. The van der Waals surface area contributed by atoms with Crippen molar-refractivity contribution in [2.75, 3.05) is 23.3 Å². The lowest BCUT2D eigenvalue weighted by Gasteiger charge is -2.17. The van der Waals surface area contributed by atoms with E-state index in [1.165, 1.54) is 17.0 Å². The molecule has 1 aliphatic rings. The van der Waals surface area contributed by atoms with E-state index in [2.05, 4.69) is 4.72 Å². The Balaban J connectivity index is 1.63. The highest BCUT2D eigenvalue weighted by Gasteiger charge is 2.27. The van der Waals surface area contributed by atoms with Gasteiger partial charge in [-0.15, -0.1) is 0 Å². The van der Waals surface area contributed by atoms with Crippen LogP contribution in [0.5, 0.6) is 17.2 Å². The van der Waals surface area contributed by atoms with Gasteiger partial charge in [-0.2, -0.15) is 0 Å². The molecule has 0 bridgehead atoms. The summed E-state index contributed by atoms with van der Waals surface area (Å²) in [5.41, 5.74) is 2.92. The van der Waals surface area contributed by atoms with Gasteiger partial charge in [0, 0.05) is 12.7 Å². The van der Waals surface area contributed by atoms with Gasteiger partial charge in [0.05, 0.1) is 22.8 Å². The molecule has 0 radical (unpaired) electrons. The number of carbonyl (C=O) groups is 1. The van der Waals surface area contributed by atoms with Crippen molar-refractivity contribution in [3.63, 3.8) is 0 Å². The van der Waals surface area contributed by atoms with Gasteiger partial charge in [-0.3, -0.25) is 9.52 Å². The summed E-state index contributed by atoms with van der Waals surface area (Å²) in [4.78, 5) is 14.7. The Bertz CT molecular complexity index is 1330. The number of benzene rings is 3. The third-order valence-electron chi connectivity index (χ3n) is 5.38. The monoisotopic (exact) mass is 466 g/mol. The fraction of sp³-hybridized carbons (Fsp3) is 0.240. The lowest BCUT2D eigenvalue weighted by Crippen LogP contribution is -2.25. The van der Waals surface area contributed by atoms with Crippen LogP contribution in [0.1, 0.15) is 34.8 Å². The first-order valence-corrected chi connectivity index (χ1v) is 12.1. The van der Waals surface area contributed by atoms with Crippen LogP contribution in [-0.4, -0.2) is 28.0 Å². The van der Waals surface area contributed by atoms with Crippen LogP contribution in [0.15, 0.2) is 59.5 Å². The number of anilines is 2. The molecular weight excluding hydrogens is 440 g/mol. The first kappa shape index (κ1) is 22.7. The molecule has 8 heteroatoms. The van der Waals surface area contributed by atoms with Crippen molar-refractivity contribution in [3.8, 4) is 17.2 Å². The van der Waals surface area contributed by atoms with Crippen LogP contribution in [0.3, 0.4) is 0 Å². The number of amides is 1. The van der Waals surface area contributed by atoms with Gasteiger partial charge < -0.3 is 14.4 Å². The molecule has 0 aliphatic carbocycles. The second kappa shape index (κ2) is 8.78. The summed E-state index contributed by atoms with van der Waals surface area (Å²) in [7, 11) is -2.20. The van der Waals surface area contributed by atoms with Gasteiger partial charge >= 0.3 is 0 Å². The van der Waals surface area contributed by atoms with Crippen molar-refractivity contribution in [3.05, 3.63) is 71.3 Å². The Morgan fingerprint density at radius 2 is 1.76 bits per heavy atom. The lowest BCUT2D eigenvalue weighted by atomic mass is 10.1. The molecule has 1 amide bonds. The van der Waals surface area contributed by atoms with E-state index in [0.29, 0.717) is 29.5 Å². The quantitative estimate of drug-likeness (QED) is 0.535. The molecule has 1 aliphatic heterocycles. The van der Waals surface area contributed by atoms with Gasteiger partial charge in [0.1, 0.15) is 11.5 Å². The van der Waals surface area contributed by atoms with Crippen LogP contribution in [0.25, 0.3) is 0 Å². The number of fused-ring (bicyclic) bond motifs is 2. The molecule has 3 aromatic rings. The van der Waals surface area contributed by atoms with Crippen LogP contribution in [0.4, 0.5) is 11.4 Å². The average molecular weight is 467 g/mol. The summed E-state index contributed by atoms with van der Waals surface area (Å²) >= 11 is 0. The van der Waals surface area contributed by atoms with Crippen molar-refractivity contribution in [2.45, 2.75) is 32.1 Å². The highest BCUT2D eigenvalue weighted by atomic mass is 32.2. The van der Waals surface area contributed by atoms with Crippen LogP contribution in [0.2, 0.25) is 0 Å². The maximum absolute atomic E-state index is 13.1. The maximum atomic E-state index is 13.1. The van der Waals surface area contributed by atoms with Crippen molar-refractivity contribution < 1.29 is 22.7 Å². The highest BCUT2D eigenvalue weighted by Crippen LogP contribution is 2.39. The summed E-state index contributed by atoms with van der Waals surface area (Å²) in [6.45, 7) is 6.31. The molecule has 1 N–H and O–H groups in total. The summed E-state index contributed by atoms with van der Waals surface area (Å²) in [6.07, 6.45) is 0.863. The Morgan fingerprint density at radius 1 is 1.00 bits per heavy atom. The highest BCUT2D eigenvalue weighted by molar-refractivity contribution is 7.92. The van der Waals surface area contributed by atoms with Crippen molar-refractivity contribution in [2.24, 2.45) is 0 Å². The zero-order valence-corrected chi connectivity index (χ0v) is 19.8. The van der Waals surface area contributed by atoms with E-state index in [9.17, 15) is 13.2 Å². The third kappa shape index (κ3) is 4.52. The number of rotatable bonds is 6. The second-order valence-corrected chi connectivity index (χ2v) is 9.71. The standard InChI is InChI=1S/C25H26N2O5S/c1-5-12-31-22-11-8-19(14-17(22)3)33(29,30)26-18-7-10-23-20(15-18)25(28)27(4)21-13-16(2)6-9-24(21)32-23/h6-11,13-15,26H,5,12H2,1-4H3. The number of nitrogens with zero attached hydrogens (tertiary/aromatic N) is 1. The normalized spacial score (nSPS) is 13.0. The molecule has 0 spiro atoms. The number of carbonyl (C=O) groups excluding carboxylic acids is 1. The van der Waals surface area contributed by atoms with Gasteiger partial charge in [-0.25, -0.2) is 8.42 Å². The van der Waals surface area contributed by atoms with Gasteiger partial charge in [0.25, 0.3) is 15.9 Å². The summed E-state index contributed by atoms with van der Waals surface area (Å²) in [6, 6.07) is 15.0. The van der Waals surface area contributed by atoms with E-state index in [4.69, 9.17) is 9.47 Å². The van der Waals surface area contributed by atoms with E-state index in [1.807, 2.05) is 32.0 Å².